The molecular formula is C20H26N10O8P2S2. The summed E-state index contributed by atoms with van der Waals surface area (Å²) in [4.78, 5) is 52.6. The fourth-order valence-electron chi connectivity index (χ4n) is 5.24. The summed E-state index contributed by atoms with van der Waals surface area (Å²) in [5, 5.41) is 13.8. The van der Waals surface area contributed by atoms with E-state index in [1.165, 1.54) is 17.3 Å². The van der Waals surface area contributed by atoms with Crippen molar-refractivity contribution in [2.75, 3.05) is 18.1 Å². The van der Waals surface area contributed by atoms with Gasteiger partial charge in [-0.1, -0.05) is 12.2 Å². The highest BCUT2D eigenvalue weighted by atomic mass is 32.7. The SMILES string of the molecule is Nc1ncnc2c1ncn2C1CCC(COP(S)O[C@@H]2C(O)C(OP(O)(O)=S)CC2n2[nH]c(=O)c3c(N)ncnc32)O1. The van der Waals surface area contributed by atoms with Crippen LogP contribution in [0.5, 0.6) is 0 Å². The Hall–Kier alpha value is -2.35. The number of hydrogen-bond donors (Lipinski definition) is 7. The molecule has 4 aromatic heterocycles. The Morgan fingerprint density at radius 3 is 2.67 bits per heavy atom. The van der Waals surface area contributed by atoms with Gasteiger partial charge in [-0.25, -0.2) is 24.9 Å². The van der Waals surface area contributed by atoms with E-state index in [1.807, 2.05) is 0 Å². The maximum Gasteiger partial charge on any atom is 0.322 e. The Balaban J connectivity index is 1.15. The number of nitrogens with two attached hydrogens (primary N) is 2. The highest BCUT2D eigenvalue weighted by Gasteiger charge is 2.49. The van der Waals surface area contributed by atoms with E-state index in [0.717, 1.165) is 0 Å². The van der Waals surface area contributed by atoms with Crippen LogP contribution in [-0.4, -0.2) is 85.2 Å². The summed E-state index contributed by atoms with van der Waals surface area (Å²) in [6, 6.07) is -0.803. The topological polar surface area (TPSA) is 257 Å². The largest absolute Gasteiger partial charge is 0.388 e. The summed E-state index contributed by atoms with van der Waals surface area (Å²) in [5.41, 5.74) is 12.4. The van der Waals surface area contributed by atoms with Gasteiger partial charge in [-0.15, -0.1) is 0 Å². The second-order valence-electron chi connectivity index (χ2n) is 9.67. The predicted octanol–water partition coefficient (Wildman–Crippen LogP) is 0.260. The highest BCUT2D eigenvalue weighted by molar-refractivity contribution is 8.41. The third-order valence-electron chi connectivity index (χ3n) is 7.07. The smallest absolute Gasteiger partial charge is 0.322 e. The van der Waals surface area contributed by atoms with E-state index in [4.69, 9.17) is 29.8 Å². The van der Waals surface area contributed by atoms with Crippen molar-refractivity contribution in [3.8, 4) is 0 Å². The lowest BCUT2D eigenvalue weighted by atomic mass is 10.2. The van der Waals surface area contributed by atoms with Crippen molar-refractivity contribution in [2.45, 2.75) is 55.9 Å². The predicted molar refractivity (Wildman–Crippen MR) is 155 cm³/mol. The van der Waals surface area contributed by atoms with Crippen LogP contribution in [0.3, 0.4) is 0 Å². The number of aromatic amines is 1. The summed E-state index contributed by atoms with van der Waals surface area (Å²) in [6.07, 6.45) is 1.22. The van der Waals surface area contributed by atoms with Gasteiger partial charge in [0.2, 0.25) is 7.58 Å². The molecule has 1 aliphatic heterocycles. The first-order valence-corrected chi connectivity index (χ1v) is 17.5. The minimum Gasteiger partial charge on any atom is -0.388 e. The van der Waals surface area contributed by atoms with Crippen molar-refractivity contribution in [1.82, 2.24) is 39.3 Å². The zero-order valence-corrected chi connectivity index (χ0v) is 24.9. The molecule has 18 nitrogen and oxygen atoms in total. The normalized spacial score (nSPS) is 27.3. The average Bonchev–Trinajstić information content (AvgIpc) is 3.70. The van der Waals surface area contributed by atoms with Crippen LogP contribution in [0, 0.1) is 0 Å². The van der Waals surface area contributed by atoms with E-state index in [-0.39, 0.29) is 48.0 Å². The number of ether oxygens (including phenoxy) is 1. The van der Waals surface area contributed by atoms with Crippen LogP contribution < -0.4 is 17.0 Å². The van der Waals surface area contributed by atoms with Crippen LogP contribution in [-0.2, 0) is 30.1 Å². The zero-order chi connectivity index (χ0) is 29.8. The number of H-pyrrole nitrogens is 1. The molecule has 6 rings (SSSR count). The number of anilines is 2. The average molecular weight is 661 g/mol. The lowest BCUT2D eigenvalue weighted by molar-refractivity contribution is -0.0245. The van der Waals surface area contributed by atoms with Crippen LogP contribution in [0.2, 0.25) is 0 Å². The van der Waals surface area contributed by atoms with Gasteiger partial charge in [-0.05, 0) is 24.6 Å². The van der Waals surface area contributed by atoms with E-state index in [9.17, 15) is 19.7 Å². The number of nitrogens with zero attached hydrogens (tertiary/aromatic N) is 7. The second kappa shape index (κ2) is 11.6. The first kappa shape index (κ1) is 29.7. The number of aliphatic hydroxyl groups is 1. The van der Waals surface area contributed by atoms with Crippen LogP contribution >= 0.6 is 26.5 Å². The van der Waals surface area contributed by atoms with Crippen molar-refractivity contribution in [3.63, 3.8) is 0 Å². The molecule has 8 N–H and O–H groups in total. The number of rotatable bonds is 9. The fourth-order valence-corrected chi connectivity index (χ4v) is 7.49. The van der Waals surface area contributed by atoms with Gasteiger partial charge in [0.05, 0.1) is 31.2 Å². The van der Waals surface area contributed by atoms with Gasteiger partial charge in [-0.2, -0.15) is 0 Å². The van der Waals surface area contributed by atoms with Gasteiger partial charge in [0.25, 0.3) is 5.56 Å². The lowest BCUT2D eigenvalue weighted by Gasteiger charge is -2.26. The molecule has 5 heterocycles. The molecule has 1 saturated carbocycles. The Morgan fingerprint density at radius 1 is 1.17 bits per heavy atom. The molecule has 2 aliphatic rings. The van der Waals surface area contributed by atoms with Gasteiger partial charge < -0.3 is 44.7 Å². The lowest BCUT2D eigenvalue weighted by Crippen LogP contribution is -2.34. The van der Waals surface area contributed by atoms with E-state index >= 15 is 0 Å². The van der Waals surface area contributed by atoms with E-state index < -0.39 is 44.2 Å². The Morgan fingerprint density at radius 2 is 1.90 bits per heavy atom. The molecule has 6 unspecified atom stereocenters. The Labute approximate surface area is 247 Å². The Bertz CT molecular complexity index is 1720. The number of nitrogen functional groups attached to an aromatic ring is 2. The molecule has 1 saturated heterocycles. The van der Waals surface area contributed by atoms with Gasteiger partial charge in [-0.3, -0.25) is 19.1 Å². The molecule has 0 spiro atoms. The molecule has 7 atom stereocenters. The summed E-state index contributed by atoms with van der Waals surface area (Å²) in [5.74, 6) is 0.250. The maximum absolute atomic E-state index is 12.6. The Kier molecular flexibility index (Phi) is 8.22. The molecule has 4 aromatic rings. The second-order valence-corrected chi connectivity index (χ2v) is 14.2. The fraction of sp³-hybridized carbons (Fsp3) is 0.500. The number of imidazole rings is 1. The molecular weight excluding hydrogens is 634 g/mol. The molecule has 0 bridgehead atoms. The molecule has 1 aliphatic carbocycles. The van der Waals surface area contributed by atoms with Crippen molar-refractivity contribution < 1.29 is 33.2 Å². The number of fused-ring (bicyclic) bond motifs is 2. The third kappa shape index (κ3) is 5.77. The first-order valence-electron chi connectivity index (χ1n) is 12.5. The maximum atomic E-state index is 12.6. The summed E-state index contributed by atoms with van der Waals surface area (Å²) < 4.78 is 26.4. The molecule has 0 amide bonds. The standard InChI is InChI=1S/C20H26N10O8P2S2/c21-16-12-18(25-5-23-16)30(28-20(12)32)9-3-10(38-40(33,34)42)14(31)15(9)37-39(41)35-4-8-1-2-11(36-8)29-7-27-13-17(22)24-6-26-19(13)29/h5-11,14-15,31,41H,1-4H2,(H,28,32)(H2,21,23,25)(H2,22,24,26)(H2,33,34,42)/t8?,9?,10?,11?,14?,15-,39?/m0/s1. The van der Waals surface area contributed by atoms with Crippen molar-refractivity contribution in [3.05, 3.63) is 29.3 Å². The van der Waals surface area contributed by atoms with Crippen molar-refractivity contribution >= 4 is 72.2 Å². The van der Waals surface area contributed by atoms with Crippen molar-refractivity contribution in [1.29, 1.82) is 0 Å². The molecule has 0 aromatic carbocycles. The number of aromatic nitrogens is 8. The van der Waals surface area contributed by atoms with Crippen LogP contribution in [0.4, 0.5) is 11.6 Å². The number of nitrogens with one attached hydrogen (secondary N) is 1. The van der Waals surface area contributed by atoms with E-state index in [0.29, 0.717) is 24.0 Å². The quantitative estimate of drug-likeness (QED) is 0.0938. The molecule has 2 fully saturated rings. The molecule has 22 heteroatoms. The van der Waals surface area contributed by atoms with Crippen LogP contribution in [0.15, 0.2) is 23.8 Å². The third-order valence-corrected chi connectivity index (χ3v) is 9.30. The number of hydrogen-bond acceptors (Lipinski definition) is 15. The molecule has 226 valence electrons. The van der Waals surface area contributed by atoms with Crippen LogP contribution in [0.25, 0.3) is 22.2 Å². The molecule has 0 radical (unpaired) electrons. The van der Waals surface area contributed by atoms with E-state index in [2.05, 4.69) is 54.1 Å². The van der Waals surface area contributed by atoms with Gasteiger partial charge in [0, 0.05) is 6.42 Å². The molecule has 42 heavy (non-hydrogen) atoms. The van der Waals surface area contributed by atoms with Gasteiger partial charge >= 0.3 is 6.72 Å². The zero-order valence-electron chi connectivity index (χ0n) is 21.4. The minimum absolute atomic E-state index is 0.0216. The number of thiol groups is 1. The first-order chi connectivity index (χ1) is 20.0. The summed E-state index contributed by atoms with van der Waals surface area (Å²) >= 11 is 9.06. The van der Waals surface area contributed by atoms with Gasteiger partial charge in [0.1, 0.15) is 47.8 Å². The van der Waals surface area contributed by atoms with E-state index in [1.54, 1.807) is 10.9 Å². The minimum atomic E-state index is -4.15. The van der Waals surface area contributed by atoms with Crippen LogP contribution in [0.1, 0.15) is 31.5 Å². The summed E-state index contributed by atoms with van der Waals surface area (Å²) in [7, 11) is -1.90. The summed E-state index contributed by atoms with van der Waals surface area (Å²) in [6.45, 7) is -4.02. The van der Waals surface area contributed by atoms with Crippen molar-refractivity contribution in [2.24, 2.45) is 0 Å². The van der Waals surface area contributed by atoms with Gasteiger partial charge in [0.15, 0.2) is 17.1 Å². The highest BCUT2D eigenvalue weighted by Crippen LogP contribution is 2.52. The monoisotopic (exact) mass is 660 g/mol. The number of aliphatic hydroxyl groups excluding tert-OH is 1.